The summed E-state index contributed by atoms with van der Waals surface area (Å²) in [6.07, 6.45) is 7.73. The van der Waals surface area contributed by atoms with Crippen LogP contribution in [0.5, 0.6) is 0 Å². The van der Waals surface area contributed by atoms with Crippen LogP contribution in [-0.4, -0.2) is 20.8 Å². The molecule has 0 bridgehead atoms. The number of aryl methyl sites for hydroxylation is 1. The molecule has 0 unspecified atom stereocenters. The number of nitrogens with one attached hydrogen (secondary N) is 1. The van der Waals surface area contributed by atoms with Crippen LogP contribution in [-0.2, 0) is 13.1 Å². The zero-order chi connectivity index (χ0) is 13.0. The SMILES string of the molecule is CCn1cc(-c2cncc(CNC(C)C)c2)cn1. The van der Waals surface area contributed by atoms with Crippen molar-refractivity contribution in [3.8, 4) is 11.1 Å². The fourth-order valence-electron chi connectivity index (χ4n) is 1.75. The van der Waals surface area contributed by atoms with E-state index in [4.69, 9.17) is 0 Å². The fraction of sp³-hybridized carbons (Fsp3) is 0.429. The molecule has 0 saturated carbocycles. The van der Waals surface area contributed by atoms with E-state index in [1.165, 1.54) is 5.56 Å². The number of pyridine rings is 1. The second kappa shape index (κ2) is 5.78. The Balaban J connectivity index is 2.16. The highest BCUT2D eigenvalue weighted by molar-refractivity contribution is 5.61. The van der Waals surface area contributed by atoms with Crippen molar-refractivity contribution in [3.05, 3.63) is 36.4 Å². The Hall–Kier alpha value is -1.68. The molecule has 0 radical (unpaired) electrons. The zero-order valence-electron chi connectivity index (χ0n) is 11.2. The Morgan fingerprint density at radius 1 is 1.22 bits per heavy atom. The van der Waals surface area contributed by atoms with Gasteiger partial charge in [-0.1, -0.05) is 13.8 Å². The van der Waals surface area contributed by atoms with E-state index in [1.807, 2.05) is 23.3 Å². The number of aromatic nitrogens is 3. The van der Waals surface area contributed by atoms with Crippen LogP contribution in [0, 0.1) is 0 Å². The summed E-state index contributed by atoms with van der Waals surface area (Å²) < 4.78 is 1.92. The lowest BCUT2D eigenvalue weighted by molar-refractivity contribution is 0.588. The van der Waals surface area contributed by atoms with Gasteiger partial charge in [0, 0.05) is 48.8 Å². The van der Waals surface area contributed by atoms with Gasteiger partial charge in [-0.3, -0.25) is 9.67 Å². The Labute approximate surface area is 108 Å². The van der Waals surface area contributed by atoms with Crippen molar-refractivity contribution in [2.24, 2.45) is 0 Å². The van der Waals surface area contributed by atoms with Crippen LogP contribution in [0.25, 0.3) is 11.1 Å². The highest BCUT2D eigenvalue weighted by Crippen LogP contribution is 2.18. The summed E-state index contributed by atoms with van der Waals surface area (Å²) in [4.78, 5) is 4.30. The molecule has 0 aliphatic heterocycles. The van der Waals surface area contributed by atoms with E-state index in [0.29, 0.717) is 6.04 Å². The quantitative estimate of drug-likeness (QED) is 0.878. The third-order valence-corrected chi connectivity index (χ3v) is 2.80. The van der Waals surface area contributed by atoms with Crippen molar-refractivity contribution in [1.29, 1.82) is 0 Å². The molecule has 0 aliphatic rings. The first-order chi connectivity index (χ1) is 8.69. The molecule has 0 amide bonds. The maximum atomic E-state index is 4.30. The van der Waals surface area contributed by atoms with Crippen LogP contribution in [0.3, 0.4) is 0 Å². The predicted molar refractivity (Wildman–Crippen MR) is 73.1 cm³/mol. The monoisotopic (exact) mass is 244 g/mol. The number of hydrogen-bond donors (Lipinski definition) is 1. The highest BCUT2D eigenvalue weighted by atomic mass is 15.3. The predicted octanol–water partition coefficient (Wildman–Crippen LogP) is 2.46. The molecule has 2 aromatic rings. The minimum absolute atomic E-state index is 0.483. The minimum atomic E-state index is 0.483. The van der Waals surface area contributed by atoms with E-state index in [2.05, 4.69) is 48.4 Å². The summed E-state index contributed by atoms with van der Waals surface area (Å²) >= 11 is 0. The Morgan fingerprint density at radius 3 is 2.72 bits per heavy atom. The summed E-state index contributed by atoms with van der Waals surface area (Å²) in [5.74, 6) is 0. The first-order valence-corrected chi connectivity index (χ1v) is 6.39. The molecule has 0 spiro atoms. The lowest BCUT2D eigenvalue weighted by Crippen LogP contribution is -2.21. The van der Waals surface area contributed by atoms with Crippen LogP contribution in [0.15, 0.2) is 30.9 Å². The first-order valence-electron chi connectivity index (χ1n) is 6.39. The number of rotatable bonds is 5. The van der Waals surface area contributed by atoms with Crippen LogP contribution in [0.1, 0.15) is 26.3 Å². The average Bonchev–Trinajstić information content (AvgIpc) is 2.85. The summed E-state index contributed by atoms with van der Waals surface area (Å²) in [5, 5.41) is 7.68. The van der Waals surface area contributed by atoms with Gasteiger partial charge in [0.2, 0.25) is 0 Å². The van der Waals surface area contributed by atoms with Crippen molar-refractivity contribution >= 4 is 0 Å². The maximum absolute atomic E-state index is 4.30. The molecular formula is C14H20N4. The molecule has 18 heavy (non-hydrogen) atoms. The Bertz CT molecular complexity index is 502. The van der Waals surface area contributed by atoms with Crippen molar-refractivity contribution in [2.75, 3.05) is 0 Å². The lowest BCUT2D eigenvalue weighted by Gasteiger charge is -2.08. The molecule has 0 atom stereocenters. The molecule has 0 aromatic carbocycles. The van der Waals surface area contributed by atoms with Gasteiger partial charge in [0.15, 0.2) is 0 Å². The first kappa shape index (κ1) is 12.8. The molecule has 96 valence electrons. The second-order valence-electron chi connectivity index (χ2n) is 4.70. The van der Waals surface area contributed by atoms with Crippen molar-refractivity contribution in [3.63, 3.8) is 0 Å². The van der Waals surface area contributed by atoms with Crippen molar-refractivity contribution < 1.29 is 0 Å². The van der Waals surface area contributed by atoms with Crippen LogP contribution >= 0.6 is 0 Å². The zero-order valence-corrected chi connectivity index (χ0v) is 11.2. The van der Waals surface area contributed by atoms with E-state index >= 15 is 0 Å². The van der Waals surface area contributed by atoms with Crippen LogP contribution in [0.2, 0.25) is 0 Å². The molecule has 2 heterocycles. The largest absolute Gasteiger partial charge is 0.310 e. The Kier molecular flexibility index (Phi) is 4.10. The topological polar surface area (TPSA) is 42.7 Å². The average molecular weight is 244 g/mol. The van der Waals surface area contributed by atoms with Gasteiger partial charge in [-0.2, -0.15) is 5.10 Å². The number of nitrogens with zero attached hydrogens (tertiary/aromatic N) is 3. The summed E-state index contributed by atoms with van der Waals surface area (Å²) in [5.41, 5.74) is 3.44. The van der Waals surface area contributed by atoms with Crippen LogP contribution < -0.4 is 5.32 Å². The molecule has 1 N–H and O–H groups in total. The van der Waals surface area contributed by atoms with E-state index in [1.54, 1.807) is 0 Å². The molecule has 2 aromatic heterocycles. The molecule has 0 saturated heterocycles. The third kappa shape index (κ3) is 3.17. The molecular weight excluding hydrogens is 224 g/mol. The smallest absolute Gasteiger partial charge is 0.0568 e. The maximum Gasteiger partial charge on any atom is 0.0568 e. The normalized spacial score (nSPS) is 11.1. The third-order valence-electron chi connectivity index (χ3n) is 2.80. The molecule has 0 fully saturated rings. The van der Waals surface area contributed by atoms with Gasteiger partial charge in [-0.15, -0.1) is 0 Å². The van der Waals surface area contributed by atoms with E-state index in [-0.39, 0.29) is 0 Å². The van der Waals surface area contributed by atoms with Gasteiger partial charge < -0.3 is 5.32 Å². The fourth-order valence-corrected chi connectivity index (χ4v) is 1.75. The molecule has 4 nitrogen and oxygen atoms in total. The van der Waals surface area contributed by atoms with Crippen molar-refractivity contribution in [1.82, 2.24) is 20.1 Å². The molecule has 0 aliphatic carbocycles. The number of hydrogen-bond acceptors (Lipinski definition) is 3. The van der Waals surface area contributed by atoms with E-state index in [0.717, 1.165) is 24.2 Å². The van der Waals surface area contributed by atoms with E-state index < -0.39 is 0 Å². The van der Waals surface area contributed by atoms with Gasteiger partial charge in [-0.25, -0.2) is 0 Å². The van der Waals surface area contributed by atoms with Gasteiger partial charge in [0.1, 0.15) is 0 Å². The summed E-state index contributed by atoms with van der Waals surface area (Å²) in [6.45, 7) is 8.10. The van der Waals surface area contributed by atoms with Gasteiger partial charge in [0.05, 0.1) is 6.20 Å². The van der Waals surface area contributed by atoms with Gasteiger partial charge >= 0.3 is 0 Å². The second-order valence-corrected chi connectivity index (χ2v) is 4.70. The van der Waals surface area contributed by atoms with Gasteiger partial charge in [-0.05, 0) is 18.6 Å². The highest BCUT2D eigenvalue weighted by Gasteiger charge is 2.03. The molecule has 4 heteroatoms. The Morgan fingerprint density at radius 2 is 2.06 bits per heavy atom. The summed E-state index contributed by atoms with van der Waals surface area (Å²) in [6, 6.07) is 2.65. The van der Waals surface area contributed by atoms with Crippen molar-refractivity contribution in [2.45, 2.75) is 39.9 Å². The van der Waals surface area contributed by atoms with Crippen LogP contribution in [0.4, 0.5) is 0 Å². The van der Waals surface area contributed by atoms with Gasteiger partial charge in [0.25, 0.3) is 0 Å². The van der Waals surface area contributed by atoms with E-state index in [9.17, 15) is 0 Å². The molecule has 2 rings (SSSR count). The summed E-state index contributed by atoms with van der Waals surface area (Å²) in [7, 11) is 0. The lowest BCUT2D eigenvalue weighted by atomic mass is 10.1. The minimum Gasteiger partial charge on any atom is -0.310 e. The standard InChI is InChI=1S/C14H20N4/c1-4-18-10-14(9-17-18)13-5-12(6-15-8-13)7-16-11(2)3/h5-6,8-11,16H,4,7H2,1-3H3.